The van der Waals surface area contributed by atoms with Crippen LogP contribution in [-0.4, -0.2) is 0 Å². The SMILES string of the molecule is CC1(C)c2ccccc2-c2cc(N(c3ccc(-c4cccc(-c5ccccc5)c4)cc3)c3cccc4c3oc3ccccc34)ccc21. The molecule has 1 aliphatic carbocycles. The lowest BCUT2D eigenvalue weighted by molar-refractivity contribution is 0.660. The minimum atomic E-state index is -0.0516. The van der Waals surface area contributed by atoms with E-state index in [0.717, 1.165) is 39.0 Å². The highest BCUT2D eigenvalue weighted by Gasteiger charge is 2.35. The van der Waals surface area contributed by atoms with Crippen LogP contribution in [0.2, 0.25) is 0 Å². The number of fused-ring (bicyclic) bond motifs is 6. The van der Waals surface area contributed by atoms with Gasteiger partial charge in [-0.05, 0) is 87.0 Å². The van der Waals surface area contributed by atoms with Crippen molar-refractivity contribution in [3.63, 3.8) is 0 Å². The molecule has 0 radical (unpaired) electrons. The molecule has 0 aliphatic heterocycles. The lowest BCUT2D eigenvalue weighted by Crippen LogP contribution is -2.15. The summed E-state index contributed by atoms with van der Waals surface area (Å²) in [5.74, 6) is 0. The summed E-state index contributed by atoms with van der Waals surface area (Å²) in [6, 6.07) is 58.8. The second-order valence-electron chi connectivity index (χ2n) is 13.0. The van der Waals surface area contributed by atoms with E-state index in [-0.39, 0.29) is 5.41 Å². The molecule has 0 saturated carbocycles. The smallest absolute Gasteiger partial charge is 0.159 e. The standard InChI is InChI=1S/C45H33NO/c1-45(2)40-19-8-6-16-36(40)39-29-35(26-27-41(39)45)46(42-20-11-18-38-37-17-7-9-21-43(37)47-44(38)42)34-24-22-31(23-25-34)33-15-10-14-32(28-33)30-12-4-3-5-13-30/h3-29H,1-2H3. The Morgan fingerprint density at radius 1 is 0.447 bits per heavy atom. The van der Waals surface area contributed by atoms with Gasteiger partial charge in [-0.2, -0.15) is 0 Å². The van der Waals surface area contributed by atoms with Crippen LogP contribution >= 0.6 is 0 Å². The Morgan fingerprint density at radius 3 is 1.89 bits per heavy atom. The van der Waals surface area contributed by atoms with E-state index < -0.39 is 0 Å². The third kappa shape index (κ3) is 4.40. The Balaban J connectivity index is 1.21. The molecule has 1 aromatic heterocycles. The fourth-order valence-corrected chi connectivity index (χ4v) is 7.49. The fraction of sp³-hybridized carbons (Fsp3) is 0.0667. The Morgan fingerprint density at radius 2 is 1.06 bits per heavy atom. The van der Waals surface area contributed by atoms with Crippen LogP contribution in [0.3, 0.4) is 0 Å². The Bertz CT molecular complexity index is 2430. The minimum Gasteiger partial charge on any atom is -0.454 e. The maximum Gasteiger partial charge on any atom is 0.159 e. The van der Waals surface area contributed by atoms with Crippen molar-refractivity contribution in [2.24, 2.45) is 0 Å². The summed E-state index contributed by atoms with van der Waals surface area (Å²) in [6.07, 6.45) is 0. The van der Waals surface area contributed by atoms with Crippen LogP contribution < -0.4 is 4.90 Å². The molecule has 0 N–H and O–H groups in total. The van der Waals surface area contributed by atoms with Gasteiger partial charge in [0.1, 0.15) is 5.58 Å². The summed E-state index contributed by atoms with van der Waals surface area (Å²) in [5.41, 5.74) is 15.1. The highest BCUT2D eigenvalue weighted by atomic mass is 16.3. The van der Waals surface area contributed by atoms with Crippen molar-refractivity contribution >= 4 is 39.0 Å². The number of para-hydroxylation sites is 2. The fourth-order valence-electron chi connectivity index (χ4n) is 7.49. The summed E-state index contributed by atoms with van der Waals surface area (Å²) >= 11 is 0. The van der Waals surface area contributed by atoms with Crippen LogP contribution in [0.5, 0.6) is 0 Å². The van der Waals surface area contributed by atoms with E-state index in [1.165, 1.54) is 44.5 Å². The van der Waals surface area contributed by atoms with Gasteiger partial charge in [0.15, 0.2) is 5.58 Å². The zero-order chi connectivity index (χ0) is 31.5. The molecule has 0 unspecified atom stereocenters. The van der Waals surface area contributed by atoms with E-state index in [1.54, 1.807) is 0 Å². The van der Waals surface area contributed by atoms with Gasteiger partial charge in [-0.3, -0.25) is 0 Å². The monoisotopic (exact) mass is 603 g/mol. The molecule has 0 atom stereocenters. The Labute approximate surface area is 275 Å². The predicted molar refractivity (Wildman–Crippen MR) is 197 cm³/mol. The van der Waals surface area contributed by atoms with Crippen molar-refractivity contribution in [3.05, 3.63) is 175 Å². The lowest BCUT2D eigenvalue weighted by atomic mass is 9.82. The molecule has 7 aromatic carbocycles. The first-order valence-corrected chi connectivity index (χ1v) is 16.3. The summed E-state index contributed by atoms with van der Waals surface area (Å²) < 4.78 is 6.60. The zero-order valence-corrected chi connectivity index (χ0v) is 26.4. The Kier molecular flexibility index (Phi) is 6.20. The van der Waals surface area contributed by atoms with Crippen LogP contribution in [0.1, 0.15) is 25.0 Å². The van der Waals surface area contributed by atoms with Gasteiger partial charge < -0.3 is 9.32 Å². The number of anilines is 3. The highest BCUT2D eigenvalue weighted by Crippen LogP contribution is 2.51. The molecule has 9 rings (SSSR count). The first kappa shape index (κ1) is 27.5. The van der Waals surface area contributed by atoms with Gasteiger partial charge >= 0.3 is 0 Å². The number of hydrogen-bond donors (Lipinski definition) is 0. The molecular weight excluding hydrogens is 571 g/mol. The quantitative estimate of drug-likeness (QED) is 0.195. The van der Waals surface area contributed by atoms with E-state index in [0.29, 0.717) is 0 Å². The third-order valence-electron chi connectivity index (χ3n) is 9.88. The van der Waals surface area contributed by atoms with Gasteiger partial charge in [-0.15, -0.1) is 0 Å². The van der Waals surface area contributed by atoms with Crippen molar-refractivity contribution in [1.82, 2.24) is 0 Å². The average molecular weight is 604 g/mol. The van der Waals surface area contributed by atoms with E-state index in [9.17, 15) is 0 Å². The van der Waals surface area contributed by atoms with Gasteiger partial charge in [-0.25, -0.2) is 0 Å². The largest absolute Gasteiger partial charge is 0.454 e. The van der Waals surface area contributed by atoms with Crippen LogP contribution in [0.25, 0.3) is 55.3 Å². The highest BCUT2D eigenvalue weighted by molar-refractivity contribution is 6.10. The normalized spacial score (nSPS) is 13.1. The maximum atomic E-state index is 6.60. The molecule has 224 valence electrons. The van der Waals surface area contributed by atoms with Crippen molar-refractivity contribution in [1.29, 1.82) is 0 Å². The van der Waals surface area contributed by atoms with Crippen molar-refractivity contribution < 1.29 is 4.42 Å². The second kappa shape index (κ2) is 10.6. The molecule has 2 nitrogen and oxygen atoms in total. The van der Waals surface area contributed by atoms with E-state index >= 15 is 0 Å². The molecule has 2 heteroatoms. The number of furan rings is 1. The lowest BCUT2D eigenvalue weighted by Gasteiger charge is -2.27. The first-order valence-electron chi connectivity index (χ1n) is 16.3. The molecule has 47 heavy (non-hydrogen) atoms. The second-order valence-corrected chi connectivity index (χ2v) is 13.0. The van der Waals surface area contributed by atoms with Crippen LogP contribution in [0.4, 0.5) is 17.1 Å². The van der Waals surface area contributed by atoms with E-state index in [4.69, 9.17) is 4.42 Å². The molecule has 0 saturated heterocycles. The molecule has 0 spiro atoms. The average Bonchev–Trinajstić information content (AvgIpc) is 3.62. The number of benzene rings is 7. The van der Waals surface area contributed by atoms with Gasteiger partial charge in [-0.1, -0.05) is 135 Å². The summed E-state index contributed by atoms with van der Waals surface area (Å²) in [7, 11) is 0. The van der Waals surface area contributed by atoms with Crippen LogP contribution in [-0.2, 0) is 5.41 Å². The van der Waals surface area contributed by atoms with Crippen LogP contribution in [0.15, 0.2) is 168 Å². The van der Waals surface area contributed by atoms with Gasteiger partial charge in [0.25, 0.3) is 0 Å². The molecular formula is C45H33NO. The van der Waals surface area contributed by atoms with Crippen molar-refractivity contribution in [3.8, 4) is 33.4 Å². The number of rotatable bonds is 5. The van der Waals surface area contributed by atoms with Gasteiger partial charge in [0.2, 0.25) is 0 Å². The first-order chi connectivity index (χ1) is 23.1. The molecule has 0 amide bonds. The molecule has 8 aromatic rings. The van der Waals surface area contributed by atoms with Crippen molar-refractivity contribution in [2.75, 3.05) is 4.90 Å². The molecule has 0 fully saturated rings. The molecule has 0 bridgehead atoms. The minimum absolute atomic E-state index is 0.0516. The van der Waals surface area contributed by atoms with Gasteiger partial charge in [0.05, 0.1) is 5.69 Å². The summed E-state index contributed by atoms with van der Waals surface area (Å²) in [6.45, 7) is 4.66. The van der Waals surface area contributed by atoms with Crippen LogP contribution in [0, 0.1) is 0 Å². The summed E-state index contributed by atoms with van der Waals surface area (Å²) in [5, 5.41) is 2.24. The van der Waals surface area contributed by atoms with Gasteiger partial charge in [0, 0.05) is 27.6 Å². The topological polar surface area (TPSA) is 16.4 Å². The van der Waals surface area contributed by atoms with E-state index in [1.807, 2.05) is 6.07 Å². The van der Waals surface area contributed by atoms with Crippen molar-refractivity contribution in [2.45, 2.75) is 19.3 Å². The number of hydrogen-bond acceptors (Lipinski definition) is 2. The Hall–Kier alpha value is -5.86. The molecule has 1 aliphatic rings. The van der Waals surface area contributed by atoms with E-state index in [2.05, 4.69) is 176 Å². The number of nitrogens with zero attached hydrogens (tertiary/aromatic N) is 1. The third-order valence-corrected chi connectivity index (χ3v) is 9.88. The summed E-state index contributed by atoms with van der Waals surface area (Å²) in [4.78, 5) is 2.35. The zero-order valence-electron chi connectivity index (χ0n) is 26.4. The maximum absolute atomic E-state index is 6.60. The molecule has 1 heterocycles. The predicted octanol–water partition coefficient (Wildman–Crippen LogP) is 12.7.